The van der Waals surface area contributed by atoms with Gasteiger partial charge in [-0.1, -0.05) is 39.7 Å². The Morgan fingerprint density at radius 1 is 1.12 bits per heavy atom. The van der Waals surface area contributed by atoms with E-state index in [1.165, 1.54) is 0 Å². The van der Waals surface area contributed by atoms with Gasteiger partial charge in [-0.3, -0.25) is 0 Å². The van der Waals surface area contributed by atoms with Gasteiger partial charge >= 0.3 is 0 Å². The standard InChI is InChI=1S/C13H7BrClNS/c14-9-3-1-2-8(6-9)13-16-11-5-4-10(15)7-12(11)17-13/h1-7H. The molecule has 3 aromatic rings. The average molecular weight is 325 g/mol. The lowest BCUT2D eigenvalue weighted by Crippen LogP contribution is -1.75. The Morgan fingerprint density at radius 3 is 2.82 bits per heavy atom. The summed E-state index contributed by atoms with van der Waals surface area (Å²) >= 11 is 11.1. The zero-order valence-corrected chi connectivity index (χ0v) is 11.8. The van der Waals surface area contributed by atoms with Crippen LogP contribution in [0.3, 0.4) is 0 Å². The van der Waals surface area contributed by atoms with Crippen LogP contribution in [0.4, 0.5) is 0 Å². The Morgan fingerprint density at radius 2 is 2.00 bits per heavy atom. The van der Waals surface area contributed by atoms with Crippen LogP contribution in [0.2, 0.25) is 5.02 Å². The summed E-state index contributed by atoms with van der Waals surface area (Å²) in [5, 5.41) is 1.77. The fourth-order valence-electron chi connectivity index (χ4n) is 1.64. The van der Waals surface area contributed by atoms with Gasteiger partial charge in [-0.05, 0) is 30.3 Å². The maximum absolute atomic E-state index is 5.97. The van der Waals surface area contributed by atoms with Gasteiger partial charge in [0.1, 0.15) is 5.01 Å². The number of hydrogen-bond donors (Lipinski definition) is 0. The molecule has 0 unspecified atom stereocenters. The van der Waals surface area contributed by atoms with E-state index >= 15 is 0 Å². The first kappa shape index (κ1) is 11.2. The molecule has 2 aromatic carbocycles. The highest BCUT2D eigenvalue weighted by Crippen LogP contribution is 2.32. The summed E-state index contributed by atoms with van der Waals surface area (Å²) in [7, 11) is 0. The van der Waals surface area contributed by atoms with E-state index in [1.54, 1.807) is 11.3 Å². The molecule has 0 atom stereocenters. The van der Waals surface area contributed by atoms with Gasteiger partial charge in [0.2, 0.25) is 0 Å². The van der Waals surface area contributed by atoms with Crippen molar-refractivity contribution in [2.45, 2.75) is 0 Å². The number of halogens is 2. The van der Waals surface area contributed by atoms with E-state index < -0.39 is 0 Å². The van der Waals surface area contributed by atoms with Crippen molar-refractivity contribution in [1.29, 1.82) is 0 Å². The van der Waals surface area contributed by atoms with Gasteiger partial charge in [-0.15, -0.1) is 11.3 Å². The third-order valence-corrected chi connectivity index (χ3v) is 4.22. The SMILES string of the molecule is Clc1ccc2nc(-c3cccc(Br)c3)sc2c1. The molecule has 0 spiro atoms. The molecule has 0 aliphatic rings. The first-order valence-corrected chi connectivity index (χ1v) is 7.03. The monoisotopic (exact) mass is 323 g/mol. The summed E-state index contributed by atoms with van der Waals surface area (Å²) in [5.41, 5.74) is 2.12. The third-order valence-electron chi connectivity index (χ3n) is 2.42. The van der Waals surface area contributed by atoms with Crippen molar-refractivity contribution < 1.29 is 0 Å². The molecule has 1 aromatic heterocycles. The Hall–Kier alpha value is -0.900. The number of thiazole rings is 1. The number of hydrogen-bond acceptors (Lipinski definition) is 2. The van der Waals surface area contributed by atoms with Crippen LogP contribution in [0.1, 0.15) is 0 Å². The Bertz CT molecular complexity index is 693. The highest BCUT2D eigenvalue weighted by atomic mass is 79.9. The van der Waals surface area contributed by atoms with Crippen molar-refractivity contribution >= 4 is 49.1 Å². The fraction of sp³-hybridized carbons (Fsp3) is 0. The Balaban J connectivity index is 2.18. The van der Waals surface area contributed by atoms with Crippen LogP contribution in [-0.4, -0.2) is 4.98 Å². The summed E-state index contributed by atoms with van der Waals surface area (Å²) in [6.45, 7) is 0. The lowest BCUT2D eigenvalue weighted by molar-refractivity contribution is 1.47. The topological polar surface area (TPSA) is 12.9 Å². The molecule has 0 aliphatic heterocycles. The second-order valence-electron chi connectivity index (χ2n) is 3.64. The molecular formula is C13H7BrClNS. The van der Waals surface area contributed by atoms with Gasteiger partial charge in [-0.2, -0.15) is 0 Å². The smallest absolute Gasteiger partial charge is 0.124 e. The highest BCUT2D eigenvalue weighted by Gasteiger charge is 2.06. The molecule has 0 bridgehead atoms. The minimum absolute atomic E-state index is 0.752. The number of aromatic nitrogens is 1. The van der Waals surface area contributed by atoms with E-state index in [0.29, 0.717) is 0 Å². The van der Waals surface area contributed by atoms with E-state index in [4.69, 9.17) is 11.6 Å². The lowest BCUT2D eigenvalue weighted by Gasteiger charge is -1.95. The first-order valence-electron chi connectivity index (χ1n) is 5.04. The fourth-order valence-corrected chi connectivity index (χ4v) is 3.28. The first-order chi connectivity index (χ1) is 8.22. The normalized spacial score (nSPS) is 10.9. The molecule has 0 saturated heterocycles. The van der Waals surface area contributed by atoms with Crippen LogP contribution in [0.15, 0.2) is 46.9 Å². The van der Waals surface area contributed by atoms with Crippen molar-refractivity contribution in [3.8, 4) is 10.6 Å². The highest BCUT2D eigenvalue weighted by molar-refractivity contribution is 9.10. The molecule has 1 nitrogen and oxygen atoms in total. The van der Waals surface area contributed by atoms with E-state index in [0.717, 1.165) is 30.3 Å². The van der Waals surface area contributed by atoms with Gasteiger partial charge in [0.15, 0.2) is 0 Å². The molecule has 0 radical (unpaired) electrons. The number of fused-ring (bicyclic) bond motifs is 1. The summed E-state index contributed by atoms with van der Waals surface area (Å²) < 4.78 is 2.18. The van der Waals surface area contributed by atoms with Crippen LogP contribution >= 0.6 is 38.9 Å². The largest absolute Gasteiger partial charge is 0.236 e. The van der Waals surface area contributed by atoms with Crippen LogP contribution in [0.5, 0.6) is 0 Å². The number of nitrogens with zero attached hydrogens (tertiary/aromatic N) is 1. The van der Waals surface area contributed by atoms with Crippen molar-refractivity contribution in [3.63, 3.8) is 0 Å². The number of benzene rings is 2. The molecule has 17 heavy (non-hydrogen) atoms. The molecule has 1 heterocycles. The average Bonchev–Trinajstić information content (AvgIpc) is 2.72. The quantitative estimate of drug-likeness (QED) is 0.585. The van der Waals surface area contributed by atoms with Crippen LogP contribution < -0.4 is 0 Å². The van der Waals surface area contributed by atoms with Crippen molar-refractivity contribution in [3.05, 3.63) is 52.0 Å². The molecule has 0 N–H and O–H groups in total. The zero-order chi connectivity index (χ0) is 11.8. The van der Waals surface area contributed by atoms with E-state index in [9.17, 15) is 0 Å². The molecule has 0 amide bonds. The molecule has 0 aliphatic carbocycles. The van der Waals surface area contributed by atoms with Crippen LogP contribution in [-0.2, 0) is 0 Å². The molecular weight excluding hydrogens is 318 g/mol. The van der Waals surface area contributed by atoms with E-state index in [1.807, 2.05) is 30.3 Å². The van der Waals surface area contributed by atoms with Gasteiger partial charge in [0.25, 0.3) is 0 Å². The Labute approximate surface area is 116 Å². The number of rotatable bonds is 1. The predicted molar refractivity (Wildman–Crippen MR) is 77.8 cm³/mol. The van der Waals surface area contributed by atoms with Gasteiger partial charge in [0, 0.05) is 15.1 Å². The maximum Gasteiger partial charge on any atom is 0.124 e. The molecule has 84 valence electrons. The summed E-state index contributed by atoms with van der Waals surface area (Å²) in [6.07, 6.45) is 0. The van der Waals surface area contributed by atoms with E-state index in [-0.39, 0.29) is 0 Å². The van der Waals surface area contributed by atoms with Gasteiger partial charge in [0.05, 0.1) is 10.2 Å². The zero-order valence-electron chi connectivity index (χ0n) is 8.65. The Kier molecular flexibility index (Phi) is 2.90. The van der Waals surface area contributed by atoms with Gasteiger partial charge < -0.3 is 0 Å². The minimum atomic E-state index is 0.752. The second kappa shape index (κ2) is 4.41. The summed E-state index contributed by atoms with van der Waals surface area (Å²) in [5.74, 6) is 0. The van der Waals surface area contributed by atoms with Crippen LogP contribution in [0.25, 0.3) is 20.8 Å². The summed E-state index contributed by atoms with van der Waals surface area (Å²) in [6, 6.07) is 13.9. The lowest BCUT2D eigenvalue weighted by atomic mass is 10.2. The summed E-state index contributed by atoms with van der Waals surface area (Å²) in [4.78, 5) is 4.60. The van der Waals surface area contributed by atoms with Crippen LogP contribution in [0, 0.1) is 0 Å². The molecule has 4 heteroatoms. The second-order valence-corrected chi connectivity index (χ2v) is 6.02. The molecule has 3 rings (SSSR count). The molecule has 0 saturated carbocycles. The predicted octanol–water partition coefficient (Wildman–Crippen LogP) is 5.38. The van der Waals surface area contributed by atoms with Crippen molar-refractivity contribution in [1.82, 2.24) is 4.98 Å². The van der Waals surface area contributed by atoms with E-state index in [2.05, 4.69) is 33.0 Å². The van der Waals surface area contributed by atoms with Gasteiger partial charge in [-0.25, -0.2) is 4.98 Å². The minimum Gasteiger partial charge on any atom is -0.236 e. The van der Waals surface area contributed by atoms with Crippen molar-refractivity contribution in [2.24, 2.45) is 0 Å². The molecule has 0 fully saturated rings. The third kappa shape index (κ3) is 2.23. The maximum atomic E-state index is 5.97. The van der Waals surface area contributed by atoms with Crippen molar-refractivity contribution in [2.75, 3.05) is 0 Å².